The lowest BCUT2D eigenvalue weighted by Gasteiger charge is -2.15. The van der Waals surface area contributed by atoms with Crippen molar-refractivity contribution in [2.45, 2.75) is 33.3 Å². The monoisotopic (exact) mass is 318 g/mol. The Morgan fingerprint density at radius 3 is 2.32 bits per heavy atom. The Kier molecular flexibility index (Phi) is 4.43. The molecule has 0 fully saturated rings. The lowest BCUT2D eigenvalue weighted by Crippen LogP contribution is -2.04. The lowest BCUT2D eigenvalue weighted by atomic mass is 9.96. The van der Waals surface area contributed by atoms with E-state index in [1.807, 2.05) is 25.1 Å². The van der Waals surface area contributed by atoms with Crippen LogP contribution in [0.5, 0.6) is 0 Å². The third kappa shape index (κ3) is 3.46. The molecule has 0 amide bonds. The normalized spacial score (nSPS) is 12.5. The molecule has 0 saturated heterocycles. The predicted octanol–water partition coefficient (Wildman–Crippen LogP) is 4.65. The molecular formula is C17H19BrO. The quantitative estimate of drug-likeness (QED) is 0.873. The van der Waals surface area contributed by atoms with Crippen LogP contribution in [0.4, 0.5) is 0 Å². The second-order valence-electron chi connectivity index (χ2n) is 5.17. The summed E-state index contributed by atoms with van der Waals surface area (Å²) in [7, 11) is 0. The van der Waals surface area contributed by atoms with Crippen LogP contribution in [0.15, 0.2) is 40.9 Å². The average Bonchev–Trinajstić information content (AvgIpc) is 2.31. The number of halogens is 1. The summed E-state index contributed by atoms with van der Waals surface area (Å²) in [5, 5.41) is 10.4. The van der Waals surface area contributed by atoms with Gasteiger partial charge in [-0.05, 0) is 43.5 Å². The summed E-state index contributed by atoms with van der Waals surface area (Å²) in [5.41, 5.74) is 5.78. The van der Waals surface area contributed by atoms with Crippen LogP contribution >= 0.6 is 15.9 Å². The maximum absolute atomic E-state index is 10.4. The molecule has 1 unspecified atom stereocenters. The van der Waals surface area contributed by atoms with Crippen LogP contribution in [0.2, 0.25) is 0 Å². The number of aliphatic hydroxyl groups excluding tert-OH is 1. The molecule has 2 aromatic carbocycles. The molecule has 0 saturated carbocycles. The van der Waals surface area contributed by atoms with E-state index in [9.17, 15) is 5.11 Å². The summed E-state index contributed by atoms with van der Waals surface area (Å²) in [6.07, 6.45) is 0.193. The zero-order valence-corrected chi connectivity index (χ0v) is 13.2. The molecule has 2 aromatic rings. The van der Waals surface area contributed by atoms with E-state index < -0.39 is 6.10 Å². The van der Waals surface area contributed by atoms with E-state index in [-0.39, 0.29) is 0 Å². The summed E-state index contributed by atoms with van der Waals surface area (Å²) in [4.78, 5) is 0. The molecule has 19 heavy (non-hydrogen) atoms. The number of aryl methyl sites for hydroxylation is 2. The average molecular weight is 319 g/mol. The minimum atomic E-state index is -0.460. The maximum atomic E-state index is 10.4. The molecule has 0 heterocycles. The molecule has 0 aliphatic rings. The number of benzene rings is 2. The van der Waals surface area contributed by atoms with Gasteiger partial charge >= 0.3 is 0 Å². The molecule has 100 valence electrons. The van der Waals surface area contributed by atoms with Gasteiger partial charge in [-0.3, -0.25) is 0 Å². The minimum Gasteiger partial charge on any atom is -0.388 e. The van der Waals surface area contributed by atoms with Gasteiger partial charge < -0.3 is 5.11 Å². The number of rotatable bonds is 3. The molecule has 0 spiro atoms. The van der Waals surface area contributed by atoms with Gasteiger partial charge in [-0.25, -0.2) is 0 Å². The minimum absolute atomic E-state index is 0.460. The molecule has 1 nitrogen and oxygen atoms in total. The summed E-state index contributed by atoms with van der Waals surface area (Å²) >= 11 is 3.51. The second kappa shape index (κ2) is 5.89. The number of hydrogen-bond donors (Lipinski definition) is 1. The van der Waals surface area contributed by atoms with Crippen LogP contribution in [0.25, 0.3) is 0 Å². The van der Waals surface area contributed by atoms with Gasteiger partial charge in [-0.15, -0.1) is 0 Å². The van der Waals surface area contributed by atoms with Crippen LogP contribution < -0.4 is 0 Å². The highest BCUT2D eigenvalue weighted by molar-refractivity contribution is 9.10. The molecule has 0 aliphatic heterocycles. The number of aliphatic hydroxyl groups is 1. The van der Waals surface area contributed by atoms with Gasteiger partial charge in [0.1, 0.15) is 0 Å². The lowest BCUT2D eigenvalue weighted by molar-refractivity contribution is 0.177. The van der Waals surface area contributed by atoms with Crippen molar-refractivity contribution in [1.29, 1.82) is 0 Å². The van der Waals surface area contributed by atoms with Crippen LogP contribution in [0.1, 0.15) is 33.9 Å². The third-order valence-corrected chi connectivity index (χ3v) is 4.24. The van der Waals surface area contributed by atoms with Crippen molar-refractivity contribution in [3.05, 3.63) is 68.7 Å². The first-order valence-electron chi connectivity index (χ1n) is 6.47. The van der Waals surface area contributed by atoms with Crippen molar-refractivity contribution in [2.75, 3.05) is 0 Å². The number of hydrogen-bond acceptors (Lipinski definition) is 1. The van der Waals surface area contributed by atoms with E-state index >= 15 is 0 Å². The highest BCUT2D eigenvalue weighted by Gasteiger charge is 2.13. The van der Waals surface area contributed by atoms with Crippen molar-refractivity contribution in [2.24, 2.45) is 0 Å². The molecule has 0 aliphatic carbocycles. The van der Waals surface area contributed by atoms with Crippen molar-refractivity contribution >= 4 is 15.9 Å². The smallest absolute Gasteiger partial charge is 0.0833 e. The summed E-state index contributed by atoms with van der Waals surface area (Å²) in [6, 6.07) is 12.4. The first-order valence-corrected chi connectivity index (χ1v) is 7.27. The molecule has 2 rings (SSSR count). The Morgan fingerprint density at radius 2 is 1.68 bits per heavy atom. The second-order valence-corrected chi connectivity index (χ2v) is 6.02. The Bertz CT molecular complexity index is 570. The molecule has 2 heteroatoms. The molecule has 0 radical (unpaired) electrons. The third-order valence-electron chi connectivity index (χ3n) is 3.38. The van der Waals surface area contributed by atoms with E-state index in [1.165, 1.54) is 16.7 Å². The fraction of sp³-hybridized carbons (Fsp3) is 0.294. The van der Waals surface area contributed by atoms with Crippen molar-refractivity contribution in [3.8, 4) is 0 Å². The SMILES string of the molecule is Cc1cc(C)cc(CC(O)c2cccc(Br)c2C)c1. The van der Waals surface area contributed by atoms with E-state index in [0.717, 1.165) is 15.6 Å². The molecule has 0 aromatic heterocycles. The van der Waals surface area contributed by atoms with E-state index in [0.29, 0.717) is 6.42 Å². The van der Waals surface area contributed by atoms with Crippen molar-refractivity contribution in [1.82, 2.24) is 0 Å². The Morgan fingerprint density at radius 1 is 1.05 bits per heavy atom. The predicted molar refractivity (Wildman–Crippen MR) is 83.5 cm³/mol. The van der Waals surface area contributed by atoms with Gasteiger partial charge in [0, 0.05) is 10.9 Å². The van der Waals surface area contributed by atoms with Crippen LogP contribution in [-0.4, -0.2) is 5.11 Å². The summed E-state index contributed by atoms with van der Waals surface area (Å²) in [5.74, 6) is 0. The maximum Gasteiger partial charge on any atom is 0.0833 e. The first-order chi connectivity index (χ1) is 8.97. The largest absolute Gasteiger partial charge is 0.388 e. The Balaban J connectivity index is 2.25. The van der Waals surface area contributed by atoms with Gasteiger partial charge in [0.15, 0.2) is 0 Å². The van der Waals surface area contributed by atoms with Crippen LogP contribution in [-0.2, 0) is 6.42 Å². The van der Waals surface area contributed by atoms with E-state index in [4.69, 9.17) is 0 Å². The van der Waals surface area contributed by atoms with Gasteiger partial charge in [0.25, 0.3) is 0 Å². The molecule has 0 bridgehead atoms. The van der Waals surface area contributed by atoms with Gasteiger partial charge in [0.2, 0.25) is 0 Å². The zero-order chi connectivity index (χ0) is 14.0. The van der Waals surface area contributed by atoms with E-state index in [2.05, 4.69) is 48.0 Å². The molecular weight excluding hydrogens is 300 g/mol. The van der Waals surface area contributed by atoms with Crippen LogP contribution in [0, 0.1) is 20.8 Å². The standard InChI is InChI=1S/C17H19BrO/c1-11-7-12(2)9-14(8-11)10-17(19)15-5-4-6-16(18)13(15)3/h4-9,17,19H,10H2,1-3H3. The fourth-order valence-electron chi connectivity index (χ4n) is 2.51. The summed E-state index contributed by atoms with van der Waals surface area (Å²) < 4.78 is 1.05. The Labute approximate surface area is 123 Å². The highest BCUT2D eigenvalue weighted by atomic mass is 79.9. The summed E-state index contributed by atoms with van der Waals surface area (Å²) in [6.45, 7) is 6.21. The topological polar surface area (TPSA) is 20.2 Å². The van der Waals surface area contributed by atoms with Crippen LogP contribution in [0.3, 0.4) is 0 Å². The zero-order valence-electron chi connectivity index (χ0n) is 11.6. The van der Waals surface area contributed by atoms with Gasteiger partial charge in [-0.2, -0.15) is 0 Å². The van der Waals surface area contributed by atoms with Crippen molar-refractivity contribution < 1.29 is 5.11 Å². The highest BCUT2D eigenvalue weighted by Crippen LogP contribution is 2.27. The molecule has 1 atom stereocenters. The van der Waals surface area contributed by atoms with Gasteiger partial charge in [-0.1, -0.05) is 57.4 Å². The molecule has 1 N–H and O–H groups in total. The van der Waals surface area contributed by atoms with E-state index in [1.54, 1.807) is 0 Å². The van der Waals surface area contributed by atoms with Gasteiger partial charge in [0.05, 0.1) is 6.10 Å². The first kappa shape index (κ1) is 14.3. The Hall–Kier alpha value is -1.12. The van der Waals surface area contributed by atoms with Crippen molar-refractivity contribution in [3.63, 3.8) is 0 Å². The fourth-order valence-corrected chi connectivity index (χ4v) is 2.89.